The fraction of sp³-hybridized carbons (Fsp3) is 0.432. The third-order valence-corrected chi connectivity index (χ3v) is 7.72. The lowest BCUT2D eigenvalue weighted by Gasteiger charge is -2.24. The molecule has 49 heavy (non-hydrogen) atoms. The fourth-order valence-corrected chi connectivity index (χ4v) is 5.12. The number of ether oxygens (including phenoxy) is 5. The summed E-state index contributed by atoms with van der Waals surface area (Å²) < 4.78 is 26.9. The average Bonchev–Trinajstić information content (AvgIpc) is 3.51. The number of esters is 2. The van der Waals surface area contributed by atoms with Gasteiger partial charge in [-0.1, -0.05) is 42.5 Å². The van der Waals surface area contributed by atoms with Crippen LogP contribution in [-0.2, 0) is 35.0 Å². The van der Waals surface area contributed by atoms with Crippen LogP contribution < -0.4 is 10.1 Å². The van der Waals surface area contributed by atoms with Crippen LogP contribution >= 0.6 is 0 Å². The van der Waals surface area contributed by atoms with Crippen molar-refractivity contribution in [2.45, 2.75) is 72.0 Å². The zero-order chi connectivity index (χ0) is 35.9. The van der Waals surface area contributed by atoms with Crippen molar-refractivity contribution in [3.05, 3.63) is 77.4 Å². The Morgan fingerprint density at radius 2 is 1.61 bits per heavy atom. The number of hydrogen-bond acceptors (Lipinski definition) is 10. The van der Waals surface area contributed by atoms with Crippen LogP contribution in [0.15, 0.2) is 60.7 Å². The van der Waals surface area contributed by atoms with Gasteiger partial charge in [-0.05, 0) is 88.1 Å². The standard InChI is InChI=1S/C37H45N3O9/c1-36(2,3)33(42)47-22-46-32(41)30(19-23-8-9-24-10-11-26(20-27(24)18-23)31(38)39-34(43)45-7)25-12-14-28(15-13-25)48-29-16-17-40(21-29)35(44)49-37(4,5)6/h8-15,18,20,29-30H,16-17,19,21-22H2,1-7H3,(H2,38,39,43)/t29-,30-/m0/s1. The Balaban J connectivity index is 1.51. The highest BCUT2D eigenvalue weighted by Crippen LogP contribution is 2.29. The van der Waals surface area contributed by atoms with E-state index in [0.29, 0.717) is 36.4 Å². The van der Waals surface area contributed by atoms with Gasteiger partial charge in [-0.15, -0.1) is 0 Å². The molecule has 12 heteroatoms. The second-order valence-electron chi connectivity index (χ2n) is 13.9. The second kappa shape index (κ2) is 15.4. The van der Waals surface area contributed by atoms with Gasteiger partial charge in [-0.25, -0.2) is 9.59 Å². The Bertz CT molecular complexity index is 1690. The molecule has 0 saturated carbocycles. The average molecular weight is 676 g/mol. The van der Waals surface area contributed by atoms with E-state index in [1.165, 1.54) is 7.11 Å². The summed E-state index contributed by atoms with van der Waals surface area (Å²) in [5.74, 6) is -1.34. The quantitative estimate of drug-likeness (QED) is 0.0871. The number of carbonyl (C=O) groups is 4. The van der Waals surface area contributed by atoms with Gasteiger partial charge in [0.1, 0.15) is 23.3 Å². The normalized spacial score (nSPS) is 15.2. The molecule has 2 atom stereocenters. The van der Waals surface area contributed by atoms with E-state index in [9.17, 15) is 19.2 Å². The number of amidine groups is 1. The number of nitrogens with one attached hydrogen (secondary N) is 2. The summed E-state index contributed by atoms with van der Waals surface area (Å²) in [6.45, 7) is 11.0. The zero-order valence-corrected chi connectivity index (χ0v) is 29.1. The SMILES string of the molecule is COC(=O)NC(=N)c1ccc2ccc(C[C@H](C(=O)OCOC(=O)C(C)(C)C)c3ccc(O[C@H]4CCN(C(=O)OC(C)(C)C)C4)cc3)cc2c1. The molecule has 262 valence electrons. The van der Waals surface area contributed by atoms with Crippen LogP contribution in [0.3, 0.4) is 0 Å². The Kier molecular flexibility index (Phi) is 11.5. The highest BCUT2D eigenvalue weighted by molar-refractivity contribution is 6.06. The van der Waals surface area contributed by atoms with Crippen molar-refractivity contribution < 1.29 is 42.9 Å². The predicted octanol–water partition coefficient (Wildman–Crippen LogP) is 6.33. The summed E-state index contributed by atoms with van der Waals surface area (Å²) in [5, 5.41) is 12.3. The van der Waals surface area contributed by atoms with Gasteiger partial charge in [-0.2, -0.15) is 0 Å². The van der Waals surface area contributed by atoms with Gasteiger partial charge in [0.2, 0.25) is 6.79 Å². The van der Waals surface area contributed by atoms with Crippen LogP contribution in [-0.4, -0.2) is 73.6 Å². The first-order valence-corrected chi connectivity index (χ1v) is 16.1. The highest BCUT2D eigenvalue weighted by Gasteiger charge is 2.31. The van der Waals surface area contributed by atoms with Crippen LogP contribution in [0.2, 0.25) is 0 Å². The molecule has 1 aliphatic heterocycles. The van der Waals surface area contributed by atoms with Gasteiger partial charge < -0.3 is 28.6 Å². The molecule has 2 N–H and O–H groups in total. The number of amides is 2. The fourth-order valence-electron chi connectivity index (χ4n) is 5.12. The molecule has 12 nitrogen and oxygen atoms in total. The maximum atomic E-state index is 13.5. The number of carbonyl (C=O) groups excluding carboxylic acids is 4. The molecule has 0 radical (unpaired) electrons. The minimum Gasteiger partial charge on any atom is -0.489 e. The van der Waals surface area contributed by atoms with E-state index in [2.05, 4.69) is 10.1 Å². The van der Waals surface area contributed by atoms with Crippen molar-refractivity contribution in [3.8, 4) is 5.75 Å². The van der Waals surface area contributed by atoms with Crippen molar-refractivity contribution in [2.75, 3.05) is 27.0 Å². The van der Waals surface area contributed by atoms with Gasteiger partial charge in [0, 0.05) is 18.5 Å². The molecule has 4 rings (SSSR count). The van der Waals surface area contributed by atoms with E-state index in [1.54, 1.807) is 62.1 Å². The van der Waals surface area contributed by atoms with Crippen LogP contribution in [0.1, 0.15) is 70.6 Å². The molecule has 2 amide bonds. The molecule has 1 heterocycles. The molecule has 0 unspecified atom stereocenters. The summed E-state index contributed by atoms with van der Waals surface area (Å²) in [6, 6.07) is 18.2. The first-order valence-electron chi connectivity index (χ1n) is 16.1. The third kappa shape index (κ3) is 10.4. The number of hydrogen-bond donors (Lipinski definition) is 2. The third-order valence-electron chi connectivity index (χ3n) is 7.72. The number of alkyl carbamates (subject to hydrolysis) is 1. The second-order valence-corrected chi connectivity index (χ2v) is 13.9. The molecular formula is C37H45N3O9. The monoisotopic (exact) mass is 675 g/mol. The molecule has 0 bridgehead atoms. The van der Waals surface area contributed by atoms with Crippen LogP contribution in [0.4, 0.5) is 9.59 Å². The molecule has 1 saturated heterocycles. The van der Waals surface area contributed by atoms with E-state index >= 15 is 0 Å². The van der Waals surface area contributed by atoms with E-state index in [4.69, 9.17) is 24.4 Å². The Hall–Kier alpha value is -5.13. The maximum Gasteiger partial charge on any atom is 0.412 e. The van der Waals surface area contributed by atoms with E-state index in [-0.39, 0.29) is 24.5 Å². The molecule has 0 aromatic heterocycles. The molecule has 1 aliphatic rings. The number of benzene rings is 3. The number of methoxy groups -OCH3 is 1. The lowest BCUT2D eigenvalue weighted by atomic mass is 9.91. The van der Waals surface area contributed by atoms with Crippen LogP contribution in [0.25, 0.3) is 10.8 Å². The topological polar surface area (TPSA) is 154 Å². The lowest BCUT2D eigenvalue weighted by Crippen LogP contribution is -2.36. The smallest absolute Gasteiger partial charge is 0.412 e. The highest BCUT2D eigenvalue weighted by atomic mass is 16.7. The van der Waals surface area contributed by atoms with E-state index in [1.807, 2.05) is 45.0 Å². The summed E-state index contributed by atoms with van der Waals surface area (Å²) in [5.41, 5.74) is 0.635. The van der Waals surface area contributed by atoms with Crippen molar-refractivity contribution in [2.24, 2.45) is 5.41 Å². The van der Waals surface area contributed by atoms with Gasteiger partial charge in [0.15, 0.2) is 0 Å². The molecule has 3 aromatic rings. The number of rotatable bonds is 9. The Morgan fingerprint density at radius 1 is 0.918 bits per heavy atom. The molecule has 0 spiro atoms. The Labute approximate surface area is 286 Å². The summed E-state index contributed by atoms with van der Waals surface area (Å²) >= 11 is 0. The largest absolute Gasteiger partial charge is 0.489 e. The summed E-state index contributed by atoms with van der Waals surface area (Å²) in [4.78, 5) is 51.5. The molecule has 0 aliphatic carbocycles. The van der Waals surface area contributed by atoms with Crippen molar-refractivity contribution in [3.63, 3.8) is 0 Å². The number of likely N-dealkylation sites (tertiary alicyclic amines) is 1. The first kappa shape index (κ1) is 36.7. The van der Waals surface area contributed by atoms with Gasteiger partial charge >= 0.3 is 24.1 Å². The van der Waals surface area contributed by atoms with Crippen LogP contribution in [0.5, 0.6) is 5.75 Å². The van der Waals surface area contributed by atoms with Crippen LogP contribution in [0, 0.1) is 10.8 Å². The van der Waals surface area contributed by atoms with Crippen molar-refractivity contribution in [1.82, 2.24) is 10.2 Å². The summed E-state index contributed by atoms with van der Waals surface area (Å²) in [6.07, 6.45) is -0.396. The van der Waals surface area contributed by atoms with E-state index in [0.717, 1.165) is 16.3 Å². The molecule has 3 aromatic carbocycles. The van der Waals surface area contributed by atoms with Gasteiger partial charge in [0.25, 0.3) is 0 Å². The lowest BCUT2D eigenvalue weighted by molar-refractivity contribution is -0.174. The Morgan fingerprint density at radius 3 is 2.27 bits per heavy atom. The van der Waals surface area contributed by atoms with E-state index < -0.39 is 41.8 Å². The minimum atomic E-state index is -0.753. The number of fused-ring (bicyclic) bond motifs is 1. The van der Waals surface area contributed by atoms with Crippen molar-refractivity contribution in [1.29, 1.82) is 5.41 Å². The first-order chi connectivity index (χ1) is 23.0. The summed E-state index contributed by atoms with van der Waals surface area (Å²) in [7, 11) is 1.23. The minimum absolute atomic E-state index is 0.108. The van der Waals surface area contributed by atoms with Gasteiger partial charge in [-0.3, -0.25) is 20.3 Å². The predicted molar refractivity (Wildman–Crippen MR) is 183 cm³/mol. The van der Waals surface area contributed by atoms with Gasteiger partial charge in [0.05, 0.1) is 25.0 Å². The number of nitrogens with zero attached hydrogens (tertiary/aromatic N) is 1. The molecule has 1 fully saturated rings. The van der Waals surface area contributed by atoms with Crippen molar-refractivity contribution >= 4 is 40.7 Å². The zero-order valence-electron chi connectivity index (χ0n) is 29.1. The molecular weight excluding hydrogens is 630 g/mol. The maximum absolute atomic E-state index is 13.5.